The molecule has 0 bridgehead atoms. The van der Waals surface area contributed by atoms with Crippen LogP contribution in [-0.4, -0.2) is 49.7 Å². The Morgan fingerprint density at radius 2 is 1.70 bits per heavy atom. The van der Waals surface area contributed by atoms with Crippen LogP contribution in [0.1, 0.15) is 0 Å². The lowest BCUT2D eigenvalue weighted by atomic mass is 10.3. The van der Waals surface area contributed by atoms with E-state index in [4.69, 9.17) is 5.11 Å². The second-order valence-corrected chi connectivity index (χ2v) is 13.1. The summed E-state index contributed by atoms with van der Waals surface area (Å²) in [6.45, 7) is 8.94. The summed E-state index contributed by atoms with van der Waals surface area (Å²) in [7, 11) is 2.29. The van der Waals surface area contributed by atoms with Gasteiger partial charge < -0.3 is 14.8 Å². The van der Waals surface area contributed by atoms with Gasteiger partial charge >= 0.3 is 5.69 Å². The van der Waals surface area contributed by atoms with Gasteiger partial charge in [-0.1, -0.05) is 26.2 Å². The zero-order valence-electron chi connectivity index (χ0n) is 14.6. The van der Waals surface area contributed by atoms with Crippen LogP contribution in [0.2, 0.25) is 26.2 Å². The zero-order valence-corrected chi connectivity index (χ0v) is 15.6. The Morgan fingerprint density at radius 1 is 1.17 bits per heavy atom. The molecule has 0 spiro atoms. The summed E-state index contributed by atoms with van der Waals surface area (Å²) >= 11 is 0. The standard InChI is InChI=1S/C10H14N4O4.C4H12Si/c1-12-8-7(9(17)13(2)10(12)18)14(5-11-8)3-6(16)4-15;1-5(2,3)4/h5-6,15-16H,3-4H2,1-2H3;1-4H3. The van der Waals surface area contributed by atoms with Crippen LogP contribution in [0.5, 0.6) is 0 Å². The minimum absolute atomic E-state index is 0.0421. The van der Waals surface area contributed by atoms with Gasteiger partial charge in [-0.3, -0.25) is 13.9 Å². The first-order valence-electron chi connectivity index (χ1n) is 7.37. The normalized spacial score (nSPS) is 12.9. The maximum atomic E-state index is 12.0. The first-order chi connectivity index (χ1) is 10.5. The second kappa shape index (κ2) is 7.24. The summed E-state index contributed by atoms with van der Waals surface area (Å²) in [6.07, 6.45) is 0.383. The quantitative estimate of drug-likeness (QED) is 0.748. The Labute approximate surface area is 135 Å². The first-order valence-corrected chi connectivity index (χ1v) is 11.4. The number of aliphatic hydroxyl groups is 2. The van der Waals surface area contributed by atoms with Crippen LogP contribution in [0.4, 0.5) is 0 Å². The first kappa shape index (κ1) is 19.3. The lowest BCUT2D eigenvalue weighted by Crippen LogP contribution is -2.38. The van der Waals surface area contributed by atoms with Crippen molar-refractivity contribution < 1.29 is 10.2 Å². The number of hydrogen-bond acceptors (Lipinski definition) is 5. The number of aromatic nitrogens is 4. The fourth-order valence-corrected chi connectivity index (χ4v) is 1.82. The number of nitrogens with zero attached hydrogens (tertiary/aromatic N) is 4. The SMILES string of the molecule is C[Si](C)(C)C.Cn1c(=O)c2c(ncn2CC(O)CO)n(C)c1=O. The molecular formula is C14H26N4O4Si. The van der Waals surface area contributed by atoms with Gasteiger partial charge in [0.25, 0.3) is 5.56 Å². The smallest absolute Gasteiger partial charge is 0.332 e. The molecular weight excluding hydrogens is 316 g/mol. The highest BCUT2D eigenvalue weighted by molar-refractivity contribution is 6.74. The fraction of sp³-hybridized carbons (Fsp3) is 0.643. The average molecular weight is 342 g/mol. The molecule has 1 unspecified atom stereocenters. The average Bonchev–Trinajstić information content (AvgIpc) is 2.84. The molecule has 0 radical (unpaired) electrons. The van der Waals surface area contributed by atoms with Crippen molar-refractivity contribution in [3.8, 4) is 0 Å². The number of hydrogen-bond donors (Lipinski definition) is 2. The van der Waals surface area contributed by atoms with Crippen molar-refractivity contribution in [3.63, 3.8) is 0 Å². The van der Waals surface area contributed by atoms with Crippen LogP contribution < -0.4 is 11.2 Å². The highest BCUT2D eigenvalue weighted by atomic mass is 28.3. The van der Waals surface area contributed by atoms with E-state index < -0.39 is 32.0 Å². The lowest BCUT2D eigenvalue weighted by Gasteiger charge is -2.09. The molecule has 0 amide bonds. The van der Waals surface area contributed by atoms with Crippen molar-refractivity contribution in [1.82, 2.24) is 18.7 Å². The summed E-state index contributed by atoms with van der Waals surface area (Å²) in [5, 5.41) is 18.2. The van der Waals surface area contributed by atoms with Crippen LogP contribution in [0.25, 0.3) is 11.2 Å². The van der Waals surface area contributed by atoms with Gasteiger partial charge in [-0.25, -0.2) is 9.78 Å². The number of aryl methyl sites for hydroxylation is 1. The predicted octanol–water partition coefficient (Wildman–Crippen LogP) is -0.259. The maximum absolute atomic E-state index is 12.0. The summed E-state index contributed by atoms with van der Waals surface area (Å²) in [5.74, 6) is 0. The predicted molar refractivity (Wildman–Crippen MR) is 92.5 cm³/mol. The molecule has 8 nitrogen and oxygen atoms in total. The van der Waals surface area contributed by atoms with Gasteiger partial charge in [0, 0.05) is 22.2 Å². The van der Waals surface area contributed by atoms with Crippen molar-refractivity contribution in [1.29, 1.82) is 0 Å². The molecule has 2 aromatic rings. The van der Waals surface area contributed by atoms with Crippen LogP contribution >= 0.6 is 0 Å². The molecule has 9 heteroatoms. The van der Waals surface area contributed by atoms with E-state index in [-0.39, 0.29) is 17.7 Å². The molecule has 0 fully saturated rings. The Morgan fingerprint density at radius 3 is 2.17 bits per heavy atom. The third kappa shape index (κ3) is 4.88. The third-order valence-electron chi connectivity index (χ3n) is 2.84. The minimum Gasteiger partial charge on any atom is -0.394 e. The van der Waals surface area contributed by atoms with E-state index in [2.05, 4.69) is 31.2 Å². The highest BCUT2D eigenvalue weighted by Gasteiger charge is 2.15. The topological polar surface area (TPSA) is 102 Å². The van der Waals surface area contributed by atoms with Crippen LogP contribution in [0.3, 0.4) is 0 Å². The van der Waals surface area contributed by atoms with Gasteiger partial charge in [0.1, 0.15) is 0 Å². The highest BCUT2D eigenvalue weighted by Crippen LogP contribution is 2.06. The van der Waals surface area contributed by atoms with Crippen molar-refractivity contribution >= 4 is 19.2 Å². The van der Waals surface area contributed by atoms with Crippen molar-refractivity contribution in [2.24, 2.45) is 14.1 Å². The molecule has 23 heavy (non-hydrogen) atoms. The molecule has 0 aliphatic rings. The molecule has 0 saturated heterocycles. The van der Waals surface area contributed by atoms with Crippen molar-refractivity contribution in [3.05, 3.63) is 27.2 Å². The minimum atomic E-state index is -0.982. The molecule has 2 rings (SSSR count). The summed E-state index contributed by atoms with van der Waals surface area (Å²) in [6, 6.07) is 0. The lowest BCUT2D eigenvalue weighted by molar-refractivity contribution is 0.0820. The largest absolute Gasteiger partial charge is 0.394 e. The molecule has 2 heterocycles. The zero-order chi connectivity index (χ0) is 17.9. The van der Waals surface area contributed by atoms with Gasteiger partial charge in [0.05, 0.1) is 25.6 Å². The van der Waals surface area contributed by atoms with E-state index in [1.807, 2.05) is 0 Å². The number of aliphatic hydroxyl groups excluding tert-OH is 2. The van der Waals surface area contributed by atoms with Crippen molar-refractivity contribution in [2.75, 3.05) is 6.61 Å². The molecule has 0 aliphatic heterocycles. The van der Waals surface area contributed by atoms with E-state index in [0.29, 0.717) is 0 Å². The summed E-state index contributed by atoms with van der Waals surface area (Å²) < 4.78 is 3.67. The molecule has 0 aliphatic carbocycles. The van der Waals surface area contributed by atoms with Crippen LogP contribution in [0.15, 0.2) is 15.9 Å². The monoisotopic (exact) mass is 342 g/mol. The van der Waals surface area contributed by atoms with Gasteiger partial charge in [0.15, 0.2) is 11.2 Å². The van der Waals surface area contributed by atoms with Gasteiger partial charge in [-0.2, -0.15) is 0 Å². The fourth-order valence-electron chi connectivity index (χ4n) is 1.82. The Bertz CT molecular complexity index is 779. The number of fused-ring (bicyclic) bond motifs is 1. The number of imidazole rings is 1. The summed E-state index contributed by atoms with van der Waals surface area (Å²) in [5.41, 5.74) is -0.448. The third-order valence-corrected chi connectivity index (χ3v) is 2.84. The Balaban J connectivity index is 0.000000463. The number of rotatable bonds is 3. The molecule has 2 N–H and O–H groups in total. The van der Waals surface area contributed by atoms with Gasteiger partial charge in [0.2, 0.25) is 0 Å². The van der Waals surface area contributed by atoms with E-state index in [9.17, 15) is 14.7 Å². The van der Waals surface area contributed by atoms with E-state index in [0.717, 1.165) is 4.57 Å². The van der Waals surface area contributed by atoms with E-state index in [1.165, 1.54) is 29.6 Å². The molecule has 0 aromatic carbocycles. The Kier molecular flexibility index (Phi) is 6.09. The van der Waals surface area contributed by atoms with Crippen LogP contribution in [0, 0.1) is 0 Å². The second-order valence-electron chi connectivity index (χ2n) is 7.11. The maximum Gasteiger partial charge on any atom is 0.332 e. The Hall–Kier alpha value is -1.71. The van der Waals surface area contributed by atoms with Gasteiger partial charge in [-0.15, -0.1) is 0 Å². The van der Waals surface area contributed by atoms with Gasteiger partial charge in [-0.05, 0) is 0 Å². The van der Waals surface area contributed by atoms with Crippen LogP contribution in [-0.2, 0) is 20.6 Å². The molecule has 0 saturated carbocycles. The molecule has 130 valence electrons. The summed E-state index contributed by atoms with van der Waals surface area (Å²) in [4.78, 5) is 27.7. The molecule has 2 aromatic heterocycles. The van der Waals surface area contributed by atoms with Crippen molar-refractivity contribution in [2.45, 2.75) is 38.8 Å². The van der Waals surface area contributed by atoms with E-state index >= 15 is 0 Å². The molecule has 1 atom stereocenters. The van der Waals surface area contributed by atoms with E-state index in [1.54, 1.807) is 0 Å².